The van der Waals surface area contributed by atoms with Crippen molar-refractivity contribution in [2.75, 3.05) is 20.2 Å². The summed E-state index contributed by atoms with van der Waals surface area (Å²) in [4.78, 5) is 18.1. The molecule has 0 aliphatic carbocycles. The monoisotopic (exact) mass is 350 g/mol. The zero-order valence-corrected chi connectivity index (χ0v) is 14.0. The van der Waals surface area contributed by atoms with E-state index in [9.17, 15) is 13.6 Å². The largest absolute Gasteiger partial charge is 0.441 e. The lowest BCUT2D eigenvalue weighted by atomic mass is 10.1. The zero-order valence-electron chi connectivity index (χ0n) is 14.0. The van der Waals surface area contributed by atoms with Crippen LogP contribution in [-0.4, -0.2) is 42.1 Å². The number of rotatable bonds is 5. The van der Waals surface area contributed by atoms with Crippen molar-refractivity contribution in [1.29, 1.82) is 0 Å². The average molecular weight is 350 g/mol. The van der Waals surface area contributed by atoms with Gasteiger partial charge in [-0.05, 0) is 25.0 Å². The minimum absolute atomic E-state index is 0.0438. The molecule has 0 unspecified atom stereocenters. The Bertz CT molecular complexity index is 740. The highest BCUT2D eigenvalue weighted by Gasteiger charge is 2.22. The van der Waals surface area contributed by atoms with E-state index in [1.807, 2.05) is 4.90 Å². The number of oxazole rings is 1. The minimum atomic E-state index is -0.709. The van der Waals surface area contributed by atoms with E-state index in [1.54, 1.807) is 7.11 Å². The maximum Gasteiger partial charge on any atom is 0.223 e. The molecule has 1 saturated heterocycles. The third-order valence-electron chi connectivity index (χ3n) is 4.43. The van der Waals surface area contributed by atoms with Gasteiger partial charge in [-0.1, -0.05) is 0 Å². The minimum Gasteiger partial charge on any atom is -0.441 e. The van der Waals surface area contributed by atoms with Crippen molar-refractivity contribution in [1.82, 2.24) is 9.88 Å². The van der Waals surface area contributed by atoms with Crippen molar-refractivity contribution in [3.8, 4) is 11.3 Å². The number of aryl methyl sites for hydroxylation is 1. The van der Waals surface area contributed by atoms with Crippen LogP contribution in [0.1, 0.15) is 25.2 Å². The Hall–Kier alpha value is -2.28. The van der Waals surface area contributed by atoms with Gasteiger partial charge in [0.2, 0.25) is 5.91 Å². The Morgan fingerprint density at radius 1 is 1.36 bits per heavy atom. The Balaban J connectivity index is 1.56. The van der Waals surface area contributed by atoms with Gasteiger partial charge < -0.3 is 14.1 Å². The zero-order chi connectivity index (χ0) is 17.8. The smallest absolute Gasteiger partial charge is 0.223 e. The van der Waals surface area contributed by atoms with Crippen molar-refractivity contribution in [3.05, 3.63) is 41.9 Å². The Morgan fingerprint density at radius 2 is 2.12 bits per heavy atom. The molecule has 1 aromatic heterocycles. The molecule has 0 N–H and O–H groups in total. The predicted octanol–water partition coefficient (Wildman–Crippen LogP) is 3.19. The summed E-state index contributed by atoms with van der Waals surface area (Å²) in [5.74, 6) is -0.731. The van der Waals surface area contributed by atoms with Gasteiger partial charge in [-0.2, -0.15) is 0 Å². The average Bonchev–Trinajstić information content (AvgIpc) is 3.08. The number of hydrogen-bond donors (Lipinski definition) is 0. The summed E-state index contributed by atoms with van der Waals surface area (Å²) in [7, 11) is 1.69. The maximum absolute atomic E-state index is 13.8. The van der Waals surface area contributed by atoms with E-state index < -0.39 is 11.6 Å². The van der Waals surface area contributed by atoms with E-state index in [2.05, 4.69) is 4.98 Å². The van der Waals surface area contributed by atoms with Gasteiger partial charge in [0, 0.05) is 39.1 Å². The first-order valence-corrected chi connectivity index (χ1v) is 8.27. The first-order valence-electron chi connectivity index (χ1n) is 8.27. The van der Waals surface area contributed by atoms with Gasteiger partial charge in [-0.3, -0.25) is 4.79 Å². The summed E-state index contributed by atoms with van der Waals surface area (Å²) in [6, 6.07) is 3.26. The molecule has 1 amide bonds. The molecule has 0 bridgehead atoms. The second-order valence-electron chi connectivity index (χ2n) is 6.06. The fourth-order valence-electron chi connectivity index (χ4n) is 2.95. The molecule has 2 aromatic rings. The number of amides is 1. The number of benzene rings is 1. The van der Waals surface area contributed by atoms with Crippen LogP contribution < -0.4 is 0 Å². The summed E-state index contributed by atoms with van der Waals surface area (Å²) in [5, 5.41) is 0. The van der Waals surface area contributed by atoms with Crippen LogP contribution >= 0.6 is 0 Å². The lowest BCUT2D eigenvalue weighted by Crippen LogP contribution is -2.40. The van der Waals surface area contributed by atoms with Crippen molar-refractivity contribution in [2.45, 2.75) is 31.8 Å². The Morgan fingerprint density at radius 3 is 2.80 bits per heavy atom. The fraction of sp³-hybridized carbons (Fsp3) is 0.444. The van der Waals surface area contributed by atoms with E-state index in [-0.39, 0.29) is 29.8 Å². The van der Waals surface area contributed by atoms with Gasteiger partial charge in [0.25, 0.3) is 0 Å². The number of ether oxygens (including phenoxy) is 1. The first kappa shape index (κ1) is 17.5. The lowest BCUT2D eigenvalue weighted by Gasteiger charge is -2.31. The van der Waals surface area contributed by atoms with Gasteiger partial charge >= 0.3 is 0 Å². The summed E-state index contributed by atoms with van der Waals surface area (Å²) in [6.07, 6.45) is 3.92. The van der Waals surface area contributed by atoms with Crippen LogP contribution in [0, 0.1) is 11.6 Å². The molecule has 1 aliphatic heterocycles. The maximum atomic E-state index is 13.8. The standard InChI is InChI=1S/C18H20F2N2O3/c1-24-13-6-8-22(9-7-13)18(23)5-4-17-21-11-16(25-17)14-3-2-12(19)10-15(14)20/h2-3,10-11,13H,4-9H2,1H3. The SMILES string of the molecule is COC1CCN(C(=O)CCc2ncc(-c3ccc(F)cc3F)o2)CC1. The molecular weight excluding hydrogens is 330 g/mol. The number of piperidine rings is 1. The third kappa shape index (κ3) is 4.22. The molecule has 0 radical (unpaired) electrons. The molecule has 2 heterocycles. The molecule has 5 nitrogen and oxygen atoms in total. The van der Waals surface area contributed by atoms with Gasteiger partial charge in [0.05, 0.1) is 17.9 Å². The quantitative estimate of drug-likeness (QED) is 0.831. The molecule has 0 atom stereocenters. The molecule has 3 rings (SSSR count). The molecule has 25 heavy (non-hydrogen) atoms. The molecular formula is C18H20F2N2O3. The first-order chi connectivity index (χ1) is 12.1. The number of likely N-dealkylation sites (tertiary alicyclic amines) is 1. The van der Waals surface area contributed by atoms with Crippen LogP contribution in [0.4, 0.5) is 8.78 Å². The Labute approximate surface area is 144 Å². The van der Waals surface area contributed by atoms with E-state index in [0.717, 1.165) is 25.0 Å². The van der Waals surface area contributed by atoms with Crippen molar-refractivity contribution in [2.24, 2.45) is 0 Å². The van der Waals surface area contributed by atoms with E-state index in [1.165, 1.54) is 12.3 Å². The highest BCUT2D eigenvalue weighted by atomic mass is 19.1. The van der Waals surface area contributed by atoms with Crippen LogP contribution in [0.25, 0.3) is 11.3 Å². The molecule has 1 fully saturated rings. The lowest BCUT2D eigenvalue weighted by molar-refractivity contribution is -0.133. The van der Waals surface area contributed by atoms with Gasteiger partial charge in [-0.15, -0.1) is 0 Å². The van der Waals surface area contributed by atoms with Gasteiger partial charge in [0.1, 0.15) is 11.6 Å². The van der Waals surface area contributed by atoms with Crippen LogP contribution in [0.3, 0.4) is 0 Å². The number of hydrogen-bond acceptors (Lipinski definition) is 4. The van der Waals surface area contributed by atoms with E-state index >= 15 is 0 Å². The van der Waals surface area contributed by atoms with Gasteiger partial charge in [-0.25, -0.2) is 13.8 Å². The molecule has 0 saturated carbocycles. The molecule has 134 valence electrons. The van der Waals surface area contributed by atoms with Crippen LogP contribution in [0.2, 0.25) is 0 Å². The second kappa shape index (κ2) is 7.74. The van der Waals surface area contributed by atoms with Crippen molar-refractivity contribution in [3.63, 3.8) is 0 Å². The van der Waals surface area contributed by atoms with E-state index in [0.29, 0.717) is 25.4 Å². The summed E-state index contributed by atoms with van der Waals surface area (Å²) in [5.41, 5.74) is 0.146. The fourth-order valence-corrected chi connectivity index (χ4v) is 2.95. The summed E-state index contributed by atoms with van der Waals surface area (Å²) < 4.78 is 37.5. The van der Waals surface area contributed by atoms with Crippen LogP contribution in [0.15, 0.2) is 28.8 Å². The second-order valence-corrected chi connectivity index (χ2v) is 6.06. The van der Waals surface area contributed by atoms with Crippen molar-refractivity contribution >= 4 is 5.91 Å². The van der Waals surface area contributed by atoms with Crippen LogP contribution in [-0.2, 0) is 16.0 Å². The number of carbonyl (C=O) groups excluding carboxylic acids is 1. The number of nitrogens with zero attached hydrogens (tertiary/aromatic N) is 2. The topological polar surface area (TPSA) is 55.6 Å². The van der Waals surface area contributed by atoms with E-state index in [4.69, 9.17) is 9.15 Å². The number of carbonyl (C=O) groups is 1. The number of halogens is 2. The normalized spacial score (nSPS) is 15.6. The number of aromatic nitrogens is 1. The summed E-state index contributed by atoms with van der Waals surface area (Å²) >= 11 is 0. The molecule has 1 aromatic carbocycles. The predicted molar refractivity (Wildman–Crippen MR) is 86.8 cm³/mol. The molecule has 0 spiro atoms. The van der Waals surface area contributed by atoms with Gasteiger partial charge in [0.15, 0.2) is 11.7 Å². The highest BCUT2D eigenvalue weighted by molar-refractivity contribution is 5.76. The van der Waals surface area contributed by atoms with Crippen molar-refractivity contribution < 1.29 is 22.7 Å². The highest BCUT2D eigenvalue weighted by Crippen LogP contribution is 2.24. The van der Waals surface area contributed by atoms with Crippen LogP contribution in [0.5, 0.6) is 0 Å². The summed E-state index contributed by atoms with van der Waals surface area (Å²) in [6.45, 7) is 1.38. The number of methoxy groups -OCH3 is 1. The third-order valence-corrected chi connectivity index (χ3v) is 4.43. The molecule has 7 heteroatoms. The molecule has 1 aliphatic rings. The Kier molecular flexibility index (Phi) is 5.43.